The molecule has 0 radical (unpaired) electrons. The third-order valence-corrected chi connectivity index (χ3v) is 0. The molecule has 1 atom stereocenters. The van der Waals surface area contributed by atoms with Gasteiger partial charge in [-0.25, -0.2) is 0 Å². The van der Waals surface area contributed by atoms with E-state index in [1.54, 1.807) is 0 Å². The van der Waals surface area contributed by atoms with Crippen molar-refractivity contribution in [2.45, 2.75) is 0 Å². The van der Waals surface area contributed by atoms with Crippen LogP contribution < -0.4 is 14.7 Å². The van der Waals surface area contributed by atoms with E-state index in [9.17, 15) is 0 Å². The third-order valence-electron chi connectivity index (χ3n) is 0. The summed E-state index contributed by atoms with van der Waals surface area (Å²) in [5.41, 5.74) is 0. The number of rotatable bonds is 0. The van der Waals surface area contributed by atoms with E-state index in [1.165, 1.54) is 0 Å². The summed E-state index contributed by atoms with van der Waals surface area (Å²) >= 11 is 0. The SMILES string of the molecule is O=P([O-])([O-])[O-].P.[Ca+2].[Ca+2].[Ca+2].[Ca+2].[Ca+2].[Ca+2].[Ca+2].[Ca+2]. The Bertz CT molecular complexity index is 65.5. The van der Waals surface area contributed by atoms with Crippen molar-refractivity contribution >= 4 is 320 Å². The molecule has 0 spiro atoms. The van der Waals surface area contributed by atoms with Crippen molar-refractivity contribution in [1.29, 1.82) is 0 Å². The Balaban J connectivity index is -0.00000000222. The van der Waals surface area contributed by atoms with Crippen LogP contribution in [0.25, 0.3) is 0 Å². The van der Waals surface area contributed by atoms with E-state index in [-0.39, 0.29) is 312 Å². The predicted molar refractivity (Wildman–Crippen MR) is 64.7 cm³/mol. The van der Waals surface area contributed by atoms with Crippen molar-refractivity contribution in [3.63, 3.8) is 0 Å². The Morgan fingerprint density at radius 2 is 0.571 bits per heavy atom. The normalized spacial score (nSPS) is 4.21. The molecule has 0 bridgehead atoms. The second-order valence-electron chi connectivity index (χ2n) is 0.447. The first-order valence-electron chi connectivity index (χ1n) is 0.730. The summed E-state index contributed by atoms with van der Waals surface area (Å²) in [6.45, 7) is 0. The van der Waals surface area contributed by atoms with Crippen molar-refractivity contribution in [2.75, 3.05) is 0 Å². The summed E-state index contributed by atoms with van der Waals surface area (Å²) < 4.78 is 8.55. The zero-order valence-electron chi connectivity index (χ0n) is 8.44. The van der Waals surface area contributed by atoms with E-state index in [4.69, 9.17) is 19.2 Å². The van der Waals surface area contributed by atoms with Gasteiger partial charge in [-0.3, -0.25) is 0 Å². The molecule has 0 saturated carbocycles. The smallest absolute Gasteiger partial charge is 0.822 e. The molecule has 0 heterocycles. The Labute approximate surface area is 327 Å². The Morgan fingerprint density at radius 1 is 0.571 bits per heavy atom. The fraction of sp³-hybridized carbons (Fsp3) is 0. The molecule has 0 saturated heterocycles. The second-order valence-corrected chi connectivity index (χ2v) is 1.34. The van der Waals surface area contributed by atoms with Gasteiger partial charge in [0.05, 0.1) is 0 Å². The first-order valence-corrected chi connectivity index (χ1v) is 2.19. The first kappa shape index (κ1) is 64.3. The van der Waals surface area contributed by atoms with Crippen LogP contribution in [-0.2, 0) is 4.57 Å². The first-order chi connectivity index (χ1) is 2.00. The molecule has 0 rings (SSSR count). The molecule has 14 heteroatoms. The summed E-state index contributed by atoms with van der Waals surface area (Å²) in [7, 11) is -5.39. The summed E-state index contributed by atoms with van der Waals surface area (Å²) in [4.78, 5) is 25.6. The maximum atomic E-state index is 8.55. The van der Waals surface area contributed by atoms with Gasteiger partial charge in [0.15, 0.2) is 0 Å². The number of hydrogen-bond acceptors (Lipinski definition) is 4. The van der Waals surface area contributed by atoms with Crippen LogP contribution >= 0.6 is 17.7 Å². The standard InChI is InChI=1S/8Ca.H3O4P.H3P/c;;;;;;;;1-5(2,3)4;/h;;;;;;;;(H3,1,2,3,4);1H3/q8*+2;;/p-3. The van der Waals surface area contributed by atoms with E-state index in [0.717, 1.165) is 0 Å². The molecule has 40 valence electrons. The van der Waals surface area contributed by atoms with Crippen molar-refractivity contribution in [3.8, 4) is 0 Å². The third kappa shape index (κ3) is 93.8. The van der Waals surface area contributed by atoms with Gasteiger partial charge in [0.2, 0.25) is 0 Å². The molecule has 0 aromatic rings. The summed E-state index contributed by atoms with van der Waals surface area (Å²) in [6.07, 6.45) is 0. The molecule has 0 aliphatic carbocycles. The van der Waals surface area contributed by atoms with E-state index in [0.29, 0.717) is 0 Å². The van der Waals surface area contributed by atoms with Crippen LogP contribution in [0, 0.1) is 0 Å². The number of phosphoric acid groups is 1. The molecule has 0 aromatic carbocycles. The molecule has 14 heavy (non-hydrogen) atoms. The van der Waals surface area contributed by atoms with Gasteiger partial charge in [-0.2, -0.15) is 17.7 Å². The van der Waals surface area contributed by atoms with Gasteiger partial charge < -0.3 is 19.2 Å². The van der Waals surface area contributed by atoms with Gasteiger partial charge >= 0.3 is 302 Å². The van der Waals surface area contributed by atoms with Crippen LogP contribution in [0.5, 0.6) is 0 Å². The van der Waals surface area contributed by atoms with Gasteiger partial charge in [-0.05, 0) is 0 Å². The molecule has 0 aliphatic heterocycles. The van der Waals surface area contributed by atoms with E-state index >= 15 is 0 Å². The van der Waals surface area contributed by atoms with E-state index < -0.39 is 7.82 Å². The largest absolute Gasteiger partial charge is 2.00 e. The van der Waals surface area contributed by atoms with Crippen molar-refractivity contribution < 1.29 is 19.2 Å². The van der Waals surface area contributed by atoms with Gasteiger partial charge in [0.1, 0.15) is 0 Å². The van der Waals surface area contributed by atoms with Crippen molar-refractivity contribution in [1.82, 2.24) is 0 Å². The maximum absolute atomic E-state index is 8.55. The average Bonchev–Trinajstić information content (AvgIpc) is 0.722. The van der Waals surface area contributed by atoms with Crippen LogP contribution in [0.3, 0.4) is 0 Å². The average molecular weight is 450 g/mol. The van der Waals surface area contributed by atoms with Crippen molar-refractivity contribution in [3.05, 3.63) is 0 Å². The zero-order chi connectivity index (χ0) is 4.50. The minimum atomic E-state index is -5.39. The molecule has 0 aliphatic rings. The van der Waals surface area contributed by atoms with Gasteiger partial charge in [0.25, 0.3) is 0 Å². The fourth-order valence-corrected chi connectivity index (χ4v) is 0. The van der Waals surface area contributed by atoms with E-state index in [2.05, 4.69) is 0 Å². The van der Waals surface area contributed by atoms with Gasteiger partial charge in [-0.15, -0.1) is 0 Å². The topological polar surface area (TPSA) is 86.2 Å². The molecule has 1 unspecified atom stereocenters. The molecule has 0 aromatic heterocycles. The fourth-order valence-electron chi connectivity index (χ4n) is 0. The Kier molecular flexibility index (Phi) is 201. The van der Waals surface area contributed by atoms with E-state index in [1.807, 2.05) is 0 Å². The zero-order valence-corrected chi connectivity index (χ0v) is 28.4. The quantitative estimate of drug-likeness (QED) is 0.272. The molecule has 0 fully saturated rings. The minimum absolute atomic E-state index is 0. The minimum Gasteiger partial charge on any atom is -0.822 e. The number of hydrogen-bond donors (Lipinski definition) is 0. The van der Waals surface area contributed by atoms with Crippen LogP contribution in [0.1, 0.15) is 0 Å². The van der Waals surface area contributed by atoms with Crippen LogP contribution in [0.4, 0.5) is 0 Å². The van der Waals surface area contributed by atoms with Crippen LogP contribution in [0.15, 0.2) is 0 Å². The Morgan fingerprint density at radius 3 is 0.571 bits per heavy atom. The Hall–Kier alpha value is 10.6. The van der Waals surface area contributed by atoms with Crippen LogP contribution in [0.2, 0.25) is 0 Å². The monoisotopic (exact) mass is 449 g/mol. The summed E-state index contributed by atoms with van der Waals surface area (Å²) in [5.74, 6) is 0. The molecule has 4 nitrogen and oxygen atoms in total. The second kappa shape index (κ2) is 43.8. The molecule has 0 amide bonds. The summed E-state index contributed by atoms with van der Waals surface area (Å²) in [5, 5.41) is 0. The van der Waals surface area contributed by atoms with Gasteiger partial charge in [-0.1, -0.05) is 0 Å². The predicted octanol–water partition coefficient (Wildman–Crippen LogP) is -5.81. The molecule has 0 N–H and O–H groups in total. The molecular weight excluding hydrogens is 447 g/mol. The van der Waals surface area contributed by atoms with Gasteiger partial charge in [0, 0.05) is 0 Å². The van der Waals surface area contributed by atoms with Crippen molar-refractivity contribution in [2.24, 2.45) is 0 Å². The molecular formula is H3Ca8O4P2+13. The maximum Gasteiger partial charge on any atom is 2.00 e. The summed E-state index contributed by atoms with van der Waals surface area (Å²) in [6, 6.07) is 0. The van der Waals surface area contributed by atoms with Crippen LogP contribution in [-0.4, -0.2) is 302 Å².